The number of aryl methyl sites for hydroxylation is 18. The molecule has 0 amide bonds. The fourth-order valence-corrected chi connectivity index (χ4v) is 26.8. The van der Waals surface area contributed by atoms with Crippen LogP contribution in [0.2, 0.25) is 0 Å². The molecule has 144 heavy (non-hydrogen) atoms. The van der Waals surface area contributed by atoms with Crippen molar-refractivity contribution in [3.63, 3.8) is 0 Å². The van der Waals surface area contributed by atoms with E-state index in [-0.39, 0.29) is 65.4 Å². The summed E-state index contributed by atoms with van der Waals surface area (Å²) in [6, 6.07) is 161. The number of rotatable bonds is 18. The van der Waals surface area contributed by atoms with Gasteiger partial charge in [0, 0.05) is 0 Å². The Bertz CT molecular complexity index is 5070. The SMILES string of the molecule is Cc1ccc([S+](c2ccc(C)cc2)c2ccc(C)cc2)cc1.Cc1ccc([S+](c2ccc(C)cc2)c2ccc(C)cc2)cc1.Cc1ccc([S+](c2ccc(C)cc2)c2ccc(C)cc2)cc1.Cc1ccc([S+](c2ccc(C)cc2)c2ccc(C)cc2)cc1.Cc1ccc([S+](c2ccc(C)cc2)c2ccc(C)cc2)cc1.Cc1ccc([S+](c2ccc(C)cc2)c2ccc(C)cc2)cc1.[O-]B([O-])F.[O-]B([O-])F.[O-]B([O-])F. The third-order valence-corrected chi connectivity index (χ3v) is 36.0. The molecular weight excluding hydrogens is 1890 g/mol. The lowest BCUT2D eigenvalue weighted by molar-refractivity contribution is -0.368. The fourth-order valence-electron chi connectivity index (χ4n) is 14.6. The average molecular weight is 2020 g/mol. The first-order valence-corrected chi connectivity index (χ1v) is 54.9. The van der Waals surface area contributed by atoms with Gasteiger partial charge in [-0.3, -0.25) is 0 Å². The lowest BCUT2D eigenvalue weighted by Gasteiger charge is -2.09. The van der Waals surface area contributed by atoms with Crippen LogP contribution in [0.1, 0.15) is 100 Å². The van der Waals surface area contributed by atoms with Crippen LogP contribution in [-0.4, -0.2) is 22.2 Å². The summed E-state index contributed by atoms with van der Waals surface area (Å²) in [5.41, 5.74) is 23.5. The van der Waals surface area contributed by atoms with Crippen LogP contribution in [0, 0.1) is 125 Å². The standard InChI is InChI=1S/6C21H21S.3BFO2/c6*1-16-4-10-19(11-5-16)22(20-12-6-17(2)7-13-20)21-14-8-18(3)9-15-21;3*2-1(3)4/h6*4-15H,1-3H3;;;/q6*+1;3*-2. The van der Waals surface area contributed by atoms with Gasteiger partial charge < -0.3 is 43.1 Å². The smallest absolute Gasteiger partial charge is 0.166 e. The van der Waals surface area contributed by atoms with Gasteiger partial charge in [-0.1, -0.05) is 319 Å². The van der Waals surface area contributed by atoms with Crippen LogP contribution in [0.25, 0.3) is 0 Å². The maximum Gasteiger partial charge on any atom is 0.166 e. The number of hydrogen-bond acceptors (Lipinski definition) is 6. The zero-order chi connectivity index (χ0) is 104. The molecule has 18 aromatic rings. The summed E-state index contributed by atoms with van der Waals surface area (Å²) in [6.07, 6.45) is 0. The molecule has 0 aliphatic heterocycles. The zero-order valence-electron chi connectivity index (χ0n) is 85.3. The summed E-state index contributed by atoms with van der Waals surface area (Å²) in [5.74, 6) is 0. The Morgan fingerprint density at radius 3 is 0.174 bits per heavy atom. The van der Waals surface area contributed by atoms with E-state index in [1.54, 1.807) is 0 Å². The molecule has 0 saturated carbocycles. The van der Waals surface area contributed by atoms with Crippen molar-refractivity contribution in [1.82, 2.24) is 0 Å². The Balaban J connectivity index is 0.000000173. The molecule has 0 atom stereocenters. The molecule has 732 valence electrons. The van der Waals surface area contributed by atoms with Crippen molar-refractivity contribution in [1.29, 1.82) is 0 Å². The Morgan fingerprint density at radius 1 is 0.104 bits per heavy atom. The van der Waals surface area contributed by atoms with Crippen LogP contribution in [0.4, 0.5) is 12.9 Å². The molecule has 0 heterocycles. The third-order valence-electron chi connectivity index (χ3n) is 22.6. The predicted octanol–water partition coefficient (Wildman–Crippen LogP) is 27.2. The van der Waals surface area contributed by atoms with Crippen molar-refractivity contribution in [2.75, 3.05) is 0 Å². The molecule has 0 aliphatic rings. The monoisotopic (exact) mass is 2020 g/mol. The first-order valence-electron chi connectivity index (χ1n) is 47.5. The molecule has 6 nitrogen and oxygen atoms in total. The second-order valence-corrected chi connectivity index (χ2v) is 47.5. The molecular formula is C126H126B3F3O6S6. The quantitative estimate of drug-likeness (QED) is 0.0619. The average Bonchev–Trinajstić information content (AvgIpc) is 0.831. The largest absolute Gasteiger partial charge is 0.867 e. The lowest BCUT2D eigenvalue weighted by Crippen LogP contribution is -2.39. The predicted molar refractivity (Wildman–Crippen MR) is 595 cm³/mol. The zero-order valence-corrected chi connectivity index (χ0v) is 90.2. The molecule has 18 aromatic carbocycles. The van der Waals surface area contributed by atoms with Gasteiger partial charge in [-0.05, 0) is 343 Å². The summed E-state index contributed by atoms with van der Waals surface area (Å²) in [6.45, 7) is 38.5. The Kier molecular flexibility index (Phi) is 45.9. The molecule has 0 unspecified atom stereocenters. The van der Waals surface area contributed by atoms with E-state index in [0.717, 1.165) is 0 Å². The molecule has 0 aliphatic carbocycles. The maximum atomic E-state index is 9.89. The van der Waals surface area contributed by atoms with Gasteiger partial charge in [-0.25, -0.2) is 0 Å². The van der Waals surface area contributed by atoms with Crippen molar-refractivity contribution in [3.8, 4) is 0 Å². The van der Waals surface area contributed by atoms with Crippen LogP contribution in [0.5, 0.6) is 0 Å². The lowest BCUT2D eigenvalue weighted by atomic mass is 10.2. The van der Waals surface area contributed by atoms with Crippen LogP contribution in [-0.2, 0) is 65.4 Å². The van der Waals surface area contributed by atoms with Crippen molar-refractivity contribution in [2.24, 2.45) is 0 Å². The van der Waals surface area contributed by atoms with Crippen LogP contribution in [0.15, 0.2) is 525 Å². The maximum absolute atomic E-state index is 9.89. The van der Waals surface area contributed by atoms with E-state index in [0.29, 0.717) is 0 Å². The summed E-state index contributed by atoms with van der Waals surface area (Å²) < 4.78 is 29.7. The van der Waals surface area contributed by atoms with E-state index in [2.05, 4.69) is 561 Å². The van der Waals surface area contributed by atoms with Crippen molar-refractivity contribution >= 4 is 87.6 Å². The van der Waals surface area contributed by atoms with Gasteiger partial charge in [0.2, 0.25) is 0 Å². The van der Waals surface area contributed by atoms with E-state index < -0.39 is 22.2 Å². The Morgan fingerprint density at radius 2 is 0.139 bits per heavy atom. The summed E-state index contributed by atoms with van der Waals surface area (Å²) in [4.78, 5) is 24.7. The highest BCUT2D eigenvalue weighted by atomic mass is 32.2. The summed E-state index contributed by atoms with van der Waals surface area (Å²) in [7, 11) is -9.74. The molecule has 0 radical (unpaired) electrons. The highest BCUT2D eigenvalue weighted by molar-refractivity contribution is 7.98. The first kappa shape index (κ1) is 114. The van der Waals surface area contributed by atoms with E-state index in [9.17, 15) is 12.9 Å². The van der Waals surface area contributed by atoms with Crippen molar-refractivity contribution in [3.05, 3.63) is 537 Å². The van der Waals surface area contributed by atoms with E-state index in [1.165, 1.54) is 188 Å². The Labute approximate surface area is 873 Å². The Hall–Kier alpha value is -12.2. The van der Waals surface area contributed by atoms with Gasteiger partial charge in [0.25, 0.3) is 0 Å². The van der Waals surface area contributed by atoms with E-state index in [1.807, 2.05) is 0 Å². The molecule has 18 rings (SSSR count). The van der Waals surface area contributed by atoms with E-state index in [4.69, 9.17) is 30.1 Å². The number of hydrogen-bond donors (Lipinski definition) is 0. The van der Waals surface area contributed by atoms with E-state index >= 15 is 0 Å². The summed E-state index contributed by atoms with van der Waals surface area (Å²) >= 11 is 0. The minimum Gasteiger partial charge on any atom is -0.867 e. The van der Waals surface area contributed by atoms with Crippen LogP contribution < -0.4 is 30.1 Å². The minimum absolute atomic E-state index is 0.0394. The molecule has 0 bridgehead atoms. The normalized spacial score (nSPS) is 10.6. The van der Waals surface area contributed by atoms with Crippen molar-refractivity contribution < 1.29 is 43.1 Å². The van der Waals surface area contributed by atoms with Gasteiger partial charge >= 0.3 is 0 Å². The van der Waals surface area contributed by atoms with Crippen molar-refractivity contribution in [2.45, 2.75) is 213 Å². The van der Waals surface area contributed by atoms with Crippen LogP contribution in [0.3, 0.4) is 0 Å². The highest BCUT2D eigenvalue weighted by Crippen LogP contribution is 2.39. The topological polar surface area (TPSA) is 138 Å². The molecule has 0 fully saturated rings. The van der Waals surface area contributed by atoms with Gasteiger partial charge in [0.05, 0.1) is 65.4 Å². The summed E-state index contributed by atoms with van der Waals surface area (Å²) in [5, 5.41) is 49.8. The van der Waals surface area contributed by atoms with Gasteiger partial charge in [-0.15, -0.1) is 0 Å². The van der Waals surface area contributed by atoms with Gasteiger partial charge in [-0.2, -0.15) is 0 Å². The number of halogens is 3. The van der Waals surface area contributed by atoms with Gasteiger partial charge in [0.1, 0.15) is 22.2 Å². The molecule has 0 spiro atoms. The molecule has 0 N–H and O–H groups in total. The highest BCUT2D eigenvalue weighted by Gasteiger charge is 2.35. The third kappa shape index (κ3) is 37.4. The second kappa shape index (κ2) is 58.1. The molecule has 0 aromatic heterocycles. The molecule has 18 heteroatoms. The van der Waals surface area contributed by atoms with Gasteiger partial charge in [0.15, 0.2) is 88.1 Å². The van der Waals surface area contributed by atoms with Crippen LogP contribution >= 0.6 is 0 Å². The minimum atomic E-state index is -3.17. The first-order chi connectivity index (χ1) is 69.0. The second-order valence-electron chi connectivity index (χ2n) is 35.3. The fraction of sp³-hybridized carbons (Fsp3) is 0.143. The molecule has 0 saturated heterocycles. The number of benzene rings is 18.